The average Bonchev–Trinajstić information content (AvgIpc) is 2.87. The highest BCUT2D eigenvalue weighted by Gasteiger charge is 2.08. The van der Waals surface area contributed by atoms with Crippen LogP contribution in [0.4, 0.5) is 39.3 Å². The van der Waals surface area contributed by atoms with Crippen molar-refractivity contribution in [1.29, 1.82) is 0 Å². The van der Waals surface area contributed by atoms with Gasteiger partial charge in [-0.2, -0.15) is 4.98 Å². The first-order valence-electron chi connectivity index (χ1n) is 11.5. The van der Waals surface area contributed by atoms with Gasteiger partial charge in [0.1, 0.15) is 17.3 Å². The van der Waals surface area contributed by atoms with Crippen LogP contribution < -0.4 is 30.7 Å². The Morgan fingerprint density at radius 2 is 1.50 bits per heavy atom. The average molecular weight is 485 g/mol. The number of ether oxygens (including phenoxy) is 2. The maximum Gasteiger partial charge on any atom is 0.323 e. The topological polar surface area (TPSA) is 109 Å². The largest absolute Gasteiger partial charge is 0.497 e. The molecular formula is C27H28N6O3. The number of anilines is 6. The number of benzene rings is 3. The number of rotatable bonds is 9. The van der Waals surface area contributed by atoms with Crippen molar-refractivity contribution in [1.82, 2.24) is 9.97 Å². The molecule has 0 radical (unpaired) electrons. The van der Waals surface area contributed by atoms with E-state index in [0.717, 1.165) is 22.8 Å². The van der Waals surface area contributed by atoms with Crippen LogP contribution in [-0.2, 0) is 0 Å². The molecule has 4 aromatic rings. The van der Waals surface area contributed by atoms with Crippen molar-refractivity contribution in [2.45, 2.75) is 13.8 Å². The van der Waals surface area contributed by atoms with E-state index in [-0.39, 0.29) is 6.03 Å². The first-order chi connectivity index (χ1) is 17.5. The van der Waals surface area contributed by atoms with Gasteiger partial charge in [-0.15, -0.1) is 0 Å². The Morgan fingerprint density at radius 1 is 0.833 bits per heavy atom. The standard InChI is InChI=1S/C27H28N6O3/c1-4-36-24-8-6-5-7-23(24)32-27(34)31-21-11-9-20(10-12-21)30-26-28-18(2)17-25(33-26)29-19-13-15-22(35-3)16-14-19/h5-17H,4H2,1-3H3,(H2,31,32,34)(H2,28,29,30,33). The van der Waals surface area contributed by atoms with Crippen LogP contribution in [0.5, 0.6) is 11.5 Å². The highest BCUT2D eigenvalue weighted by atomic mass is 16.5. The van der Waals surface area contributed by atoms with Crippen molar-refractivity contribution in [3.8, 4) is 11.5 Å². The Kier molecular flexibility index (Phi) is 7.82. The first kappa shape index (κ1) is 24.3. The van der Waals surface area contributed by atoms with Gasteiger partial charge in [0, 0.05) is 28.8 Å². The monoisotopic (exact) mass is 484 g/mol. The van der Waals surface area contributed by atoms with Gasteiger partial charge < -0.3 is 30.7 Å². The number of hydrogen-bond donors (Lipinski definition) is 4. The number of aromatic nitrogens is 2. The van der Waals surface area contributed by atoms with Crippen molar-refractivity contribution in [3.05, 3.63) is 84.6 Å². The molecule has 2 amide bonds. The predicted molar refractivity (Wildman–Crippen MR) is 143 cm³/mol. The highest BCUT2D eigenvalue weighted by molar-refractivity contribution is 6.00. The lowest BCUT2D eigenvalue weighted by Crippen LogP contribution is -2.19. The summed E-state index contributed by atoms with van der Waals surface area (Å²) in [6, 6.07) is 23.7. The normalized spacial score (nSPS) is 10.3. The summed E-state index contributed by atoms with van der Waals surface area (Å²) >= 11 is 0. The van der Waals surface area contributed by atoms with Crippen molar-refractivity contribution >= 4 is 40.5 Å². The Hall–Kier alpha value is -4.79. The molecule has 0 aliphatic rings. The predicted octanol–water partition coefficient (Wildman–Crippen LogP) is 6.32. The lowest BCUT2D eigenvalue weighted by atomic mass is 10.2. The zero-order chi connectivity index (χ0) is 25.3. The second-order valence-electron chi connectivity index (χ2n) is 7.78. The van der Waals surface area contributed by atoms with Gasteiger partial charge in [0.25, 0.3) is 0 Å². The molecule has 3 aromatic carbocycles. The number of urea groups is 1. The van der Waals surface area contributed by atoms with E-state index in [1.165, 1.54) is 0 Å². The number of nitrogens with one attached hydrogen (secondary N) is 4. The molecule has 184 valence electrons. The van der Waals surface area contributed by atoms with Gasteiger partial charge in [-0.25, -0.2) is 9.78 Å². The van der Waals surface area contributed by atoms with Crippen molar-refractivity contribution < 1.29 is 14.3 Å². The molecule has 9 nitrogen and oxygen atoms in total. The van der Waals surface area contributed by atoms with Crippen LogP contribution in [0.2, 0.25) is 0 Å². The van der Waals surface area contributed by atoms with Gasteiger partial charge >= 0.3 is 6.03 Å². The molecule has 0 unspecified atom stereocenters. The lowest BCUT2D eigenvalue weighted by molar-refractivity contribution is 0.262. The maximum absolute atomic E-state index is 12.4. The van der Waals surface area contributed by atoms with Gasteiger partial charge in [-0.05, 0) is 74.5 Å². The van der Waals surface area contributed by atoms with E-state index in [0.29, 0.717) is 35.5 Å². The molecular weight excluding hydrogens is 456 g/mol. The van der Waals surface area contributed by atoms with Gasteiger partial charge in [-0.3, -0.25) is 0 Å². The van der Waals surface area contributed by atoms with Crippen LogP contribution in [-0.4, -0.2) is 29.7 Å². The van der Waals surface area contributed by atoms with E-state index < -0.39 is 0 Å². The number of aryl methyl sites for hydroxylation is 1. The van der Waals surface area contributed by atoms with E-state index >= 15 is 0 Å². The zero-order valence-electron chi connectivity index (χ0n) is 20.3. The number of carbonyl (C=O) groups is 1. The summed E-state index contributed by atoms with van der Waals surface area (Å²) in [7, 11) is 1.63. The molecule has 1 heterocycles. The van der Waals surface area contributed by atoms with Crippen LogP contribution >= 0.6 is 0 Å². The van der Waals surface area contributed by atoms with Crippen LogP contribution in [0.3, 0.4) is 0 Å². The lowest BCUT2D eigenvalue weighted by Gasteiger charge is -2.13. The zero-order valence-corrected chi connectivity index (χ0v) is 20.3. The van der Waals surface area contributed by atoms with Crippen molar-refractivity contribution in [3.63, 3.8) is 0 Å². The summed E-state index contributed by atoms with van der Waals surface area (Å²) in [5.74, 6) is 2.52. The molecule has 0 fully saturated rings. The van der Waals surface area contributed by atoms with E-state index in [4.69, 9.17) is 9.47 Å². The minimum absolute atomic E-state index is 0.362. The second-order valence-corrected chi connectivity index (χ2v) is 7.78. The highest BCUT2D eigenvalue weighted by Crippen LogP contribution is 2.25. The number of methoxy groups -OCH3 is 1. The summed E-state index contributed by atoms with van der Waals surface area (Å²) in [5, 5.41) is 12.1. The fourth-order valence-corrected chi connectivity index (χ4v) is 3.41. The Morgan fingerprint density at radius 3 is 2.22 bits per heavy atom. The molecule has 0 atom stereocenters. The third kappa shape index (κ3) is 6.63. The molecule has 0 saturated heterocycles. The van der Waals surface area contributed by atoms with E-state index in [9.17, 15) is 4.79 Å². The Balaban J connectivity index is 1.37. The summed E-state index contributed by atoms with van der Waals surface area (Å²) < 4.78 is 10.7. The smallest absolute Gasteiger partial charge is 0.323 e. The Bertz CT molecular complexity index is 1310. The van der Waals surface area contributed by atoms with Gasteiger partial charge in [-0.1, -0.05) is 12.1 Å². The number of para-hydroxylation sites is 2. The van der Waals surface area contributed by atoms with Gasteiger partial charge in [0.2, 0.25) is 5.95 Å². The van der Waals surface area contributed by atoms with Crippen LogP contribution in [0.1, 0.15) is 12.6 Å². The molecule has 9 heteroatoms. The molecule has 1 aromatic heterocycles. The third-order valence-corrected chi connectivity index (χ3v) is 5.05. The SMILES string of the molecule is CCOc1ccccc1NC(=O)Nc1ccc(Nc2nc(C)cc(Nc3ccc(OC)cc3)n2)cc1. The quantitative estimate of drug-likeness (QED) is 0.220. The minimum atomic E-state index is -0.362. The summed E-state index contributed by atoms with van der Waals surface area (Å²) in [6.45, 7) is 4.31. The molecule has 36 heavy (non-hydrogen) atoms. The molecule has 0 saturated carbocycles. The molecule has 4 N–H and O–H groups in total. The number of amides is 2. The number of hydrogen-bond acceptors (Lipinski definition) is 7. The van der Waals surface area contributed by atoms with E-state index in [1.807, 2.05) is 74.5 Å². The fourth-order valence-electron chi connectivity index (χ4n) is 3.41. The van der Waals surface area contributed by atoms with Crippen molar-refractivity contribution in [2.75, 3.05) is 35.0 Å². The molecule has 0 aliphatic heterocycles. The van der Waals surface area contributed by atoms with E-state index in [1.54, 1.807) is 25.3 Å². The van der Waals surface area contributed by atoms with Crippen molar-refractivity contribution in [2.24, 2.45) is 0 Å². The Labute approximate surface area is 209 Å². The van der Waals surface area contributed by atoms with Crippen LogP contribution in [0.15, 0.2) is 78.9 Å². The molecule has 0 aliphatic carbocycles. The van der Waals surface area contributed by atoms with Crippen LogP contribution in [0.25, 0.3) is 0 Å². The summed E-state index contributed by atoms with van der Waals surface area (Å²) in [6.07, 6.45) is 0. The summed E-state index contributed by atoms with van der Waals surface area (Å²) in [5.41, 5.74) is 3.72. The molecule has 0 bridgehead atoms. The fraction of sp³-hybridized carbons (Fsp3) is 0.148. The van der Waals surface area contributed by atoms with Gasteiger partial charge in [0.15, 0.2) is 0 Å². The third-order valence-electron chi connectivity index (χ3n) is 5.05. The maximum atomic E-state index is 12.4. The van der Waals surface area contributed by atoms with E-state index in [2.05, 4.69) is 31.2 Å². The number of carbonyl (C=O) groups excluding carboxylic acids is 1. The minimum Gasteiger partial charge on any atom is -0.497 e. The van der Waals surface area contributed by atoms with Crippen LogP contribution in [0, 0.1) is 6.92 Å². The summed E-state index contributed by atoms with van der Waals surface area (Å²) in [4.78, 5) is 21.5. The second kappa shape index (κ2) is 11.6. The number of nitrogens with zero attached hydrogens (tertiary/aromatic N) is 2. The first-order valence-corrected chi connectivity index (χ1v) is 11.5. The van der Waals surface area contributed by atoms with Gasteiger partial charge in [0.05, 0.1) is 19.4 Å². The molecule has 4 rings (SSSR count). The molecule has 0 spiro atoms.